The van der Waals surface area contributed by atoms with Crippen LogP contribution in [0.15, 0.2) is 18.2 Å². The number of benzene rings is 1. The largest absolute Gasteiger partial charge is 0.375 e. The van der Waals surface area contributed by atoms with Gasteiger partial charge in [-0.25, -0.2) is 0 Å². The van der Waals surface area contributed by atoms with Crippen LogP contribution in [0.3, 0.4) is 0 Å². The van der Waals surface area contributed by atoms with E-state index in [0.29, 0.717) is 5.92 Å². The standard InChI is InChI=1S/C15H26N2/c1-12(11-16)6-5-7-17(4)15-9-13(2)8-14(3)10-15/h8-10,12H,5-7,11,16H2,1-4H3. The van der Waals surface area contributed by atoms with Crippen molar-refractivity contribution in [3.8, 4) is 0 Å². The Morgan fingerprint density at radius 1 is 1.18 bits per heavy atom. The van der Waals surface area contributed by atoms with E-state index in [1.807, 2.05) is 0 Å². The average molecular weight is 234 g/mol. The molecule has 1 aromatic rings. The third kappa shape index (κ3) is 4.78. The molecular formula is C15H26N2. The lowest BCUT2D eigenvalue weighted by atomic mass is 10.1. The van der Waals surface area contributed by atoms with Gasteiger partial charge in [0.1, 0.15) is 0 Å². The number of hydrogen-bond acceptors (Lipinski definition) is 2. The molecule has 0 saturated heterocycles. The van der Waals surface area contributed by atoms with E-state index in [9.17, 15) is 0 Å². The number of nitrogens with two attached hydrogens (primary N) is 1. The lowest BCUT2D eigenvalue weighted by molar-refractivity contribution is 0.521. The highest BCUT2D eigenvalue weighted by atomic mass is 15.1. The average Bonchev–Trinajstić information content (AvgIpc) is 2.27. The van der Waals surface area contributed by atoms with Gasteiger partial charge in [-0.1, -0.05) is 13.0 Å². The highest BCUT2D eigenvalue weighted by molar-refractivity contribution is 5.50. The van der Waals surface area contributed by atoms with Crippen molar-refractivity contribution in [3.05, 3.63) is 29.3 Å². The molecule has 1 unspecified atom stereocenters. The van der Waals surface area contributed by atoms with Gasteiger partial charge in [0.25, 0.3) is 0 Å². The van der Waals surface area contributed by atoms with Gasteiger partial charge < -0.3 is 10.6 Å². The fourth-order valence-electron chi connectivity index (χ4n) is 2.09. The predicted octanol–water partition coefficient (Wildman–Crippen LogP) is 3.11. The van der Waals surface area contributed by atoms with E-state index in [-0.39, 0.29) is 0 Å². The van der Waals surface area contributed by atoms with Gasteiger partial charge in [-0.2, -0.15) is 0 Å². The van der Waals surface area contributed by atoms with E-state index in [0.717, 1.165) is 13.1 Å². The maximum absolute atomic E-state index is 5.63. The van der Waals surface area contributed by atoms with E-state index in [1.165, 1.54) is 29.7 Å². The normalized spacial score (nSPS) is 12.5. The monoisotopic (exact) mass is 234 g/mol. The Balaban J connectivity index is 2.49. The Kier molecular flexibility index (Phi) is 5.49. The molecular weight excluding hydrogens is 208 g/mol. The highest BCUT2D eigenvalue weighted by Crippen LogP contribution is 2.18. The highest BCUT2D eigenvalue weighted by Gasteiger charge is 2.04. The second-order valence-electron chi connectivity index (χ2n) is 5.25. The van der Waals surface area contributed by atoms with Crippen molar-refractivity contribution in [2.45, 2.75) is 33.6 Å². The summed E-state index contributed by atoms with van der Waals surface area (Å²) in [6, 6.07) is 6.71. The first kappa shape index (κ1) is 14.0. The van der Waals surface area contributed by atoms with Crippen LogP contribution in [0.5, 0.6) is 0 Å². The summed E-state index contributed by atoms with van der Waals surface area (Å²) < 4.78 is 0. The Morgan fingerprint density at radius 3 is 2.29 bits per heavy atom. The summed E-state index contributed by atoms with van der Waals surface area (Å²) in [6.07, 6.45) is 2.42. The van der Waals surface area contributed by atoms with Crippen LogP contribution >= 0.6 is 0 Å². The van der Waals surface area contributed by atoms with Crippen LogP contribution in [0.1, 0.15) is 30.9 Å². The van der Waals surface area contributed by atoms with Gasteiger partial charge in [-0.15, -0.1) is 0 Å². The Morgan fingerprint density at radius 2 is 1.76 bits per heavy atom. The number of anilines is 1. The molecule has 0 bridgehead atoms. The first-order chi connectivity index (χ1) is 8.02. The van der Waals surface area contributed by atoms with Crippen molar-refractivity contribution in [1.29, 1.82) is 0 Å². The zero-order valence-corrected chi connectivity index (χ0v) is 11.7. The van der Waals surface area contributed by atoms with E-state index >= 15 is 0 Å². The lowest BCUT2D eigenvalue weighted by Gasteiger charge is -2.21. The number of nitrogens with zero attached hydrogens (tertiary/aromatic N) is 1. The molecule has 0 saturated carbocycles. The van der Waals surface area contributed by atoms with Crippen molar-refractivity contribution in [3.63, 3.8) is 0 Å². The van der Waals surface area contributed by atoms with Crippen LogP contribution < -0.4 is 10.6 Å². The van der Waals surface area contributed by atoms with Crippen molar-refractivity contribution in [1.82, 2.24) is 0 Å². The van der Waals surface area contributed by atoms with Crippen molar-refractivity contribution in [2.24, 2.45) is 11.7 Å². The summed E-state index contributed by atoms with van der Waals surface area (Å²) in [5, 5.41) is 0. The zero-order chi connectivity index (χ0) is 12.8. The van der Waals surface area contributed by atoms with E-state index in [1.54, 1.807) is 0 Å². The molecule has 1 rings (SSSR count). The van der Waals surface area contributed by atoms with Gasteiger partial charge in [0.05, 0.1) is 0 Å². The van der Waals surface area contributed by atoms with Crippen LogP contribution in [0.4, 0.5) is 5.69 Å². The zero-order valence-electron chi connectivity index (χ0n) is 11.7. The summed E-state index contributed by atoms with van der Waals surface area (Å²) in [7, 11) is 2.17. The first-order valence-electron chi connectivity index (χ1n) is 6.52. The molecule has 1 atom stereocenters. The SMILES string of the molecule is Cc1cc(C)cc(N(C)CCCC(C)CN)c1. The third-order valence-electron chi connectivity index (χ3n) is 3.24. The molecule has 2 nitrogen and oxygen atoms in total. The number of hydrogen-bond donors (Lipinski definition) is 1. The maximum atomic E-state index is 5.63. The maximum Gasteiger partial charge on any atom is 0.0368 e. The van der Waals surface area contributed by atoms with Crippen LogP contribution in [-0.4, -0.2) is 20.1 Å². The molecule has 0 aromatic heterocycles. The molecule has 0 amide bonds. The Bertz CT molecular complexity index is 327. The van der Waals surface area contributed by atoms with Crippen LogP contribution in [0, 0.1) is 19.8 Å². The van der Waals surface area contributed by atoms with Gasteiger partial charge in [-0.3, -0.25) is 0 Å². The third-order valence-corrected chi connectivity index (χ3v) is 3.24. The van der Waals surface area contributed by atoms with E-state index in [4.69, 9.17) is 5.73 Å². The minimum Gasteiger partial charge on any atom is -0.375 e. The van der Waals surface area contributed by atoms with Crippen LogP contribution in [-0.2, 0) is 0 Å². The molecule has 0 aliphatic carbocycles. The number of aryl methyl sites for hydroxylation is 2. The fourth-order valence-corrected chi connectivity index (χ4v) is 2.09. The van der Waals surface area contributed by atoms with Gasteiger partial charge >= 0.3 is 0 Å². The molecule has 0 fully saturated rings. The van der Waals surface area contributed by atoms with Crippen LogP contribution in [0.25, 0.3) is 0 Å². The topological polar surface area (TPSA) is 29.3 Å². The van der Waals surface area contributed by atoms with Gasteiger partial charge in [0.2, 0.25) is 0 Å². The molecule has 1 aromatic carbocycles. The van der Waals surface area contributed by atoms with Gasteiger partial charge in [-0.05, 0) is 62.4 Å². The molecule has 0 heterocycles. The number of rotatable bonds is 6. The molecule has 0 aliphatic heterocycles. The van der Waals surface area contributed by atoms with Crippen molar-refractivity contribution >= 4 is 5.69 Å². The van der Waals surface area contributed by atoms with Gasteiger partial charge in [0.15, 0.2) is 0 Å². The van der Waals surface area contributed by atoms with Crippen LogP contribution in [0.2, 0.25) is 0 Å². The molecule has 17 heavy (non-hydrogen) atoms. The molecule has 0 aliphatic rings. The molecule has 0 spiro atoms. The molecule has 2 heteroatoms. The van der Waals surface area contributed by atoms with Crippen molar-refractivity contribution in [2.75, 3.05) is 25.0 Å². The second-order valence-corrected chi connectivity index (χ2v) is 5.25. The molecule has 2 N–H and O–H groups in total. The minimum absolute atomic E-state index is 0.641. The van der Waals surface area contributed by atoms with E-state index in [2.05, 4.69) is 50.9 Å². The Hall–Kier alpha value is -1.02. The second kappa shape index (κ2) is 6.65. The van der Waals surface area contributed by atoms with E-state index < -0.39 is 0 Å². The minimum atomic E-state index is 0.641. The first-order valence-corrected chi connectivity index (χ1v) is 6.52. The summed E-state index contributed by atoms with van der Waals surface area (Å²) in [5.41, 5.74) is 9.62. The smallest absolute Gasteiger partial charge is 0.0368 e. The summed E-state index contributed by atoms with van der Waals surface area (Å²) >= 11 is 0. The van der Waals surface area contributed by atoms with Crippen molar-refractivity contribution < 1.29 is 0 Å². The lowest BCUT2D eigenvalue weighted by Crippen LogP contribution is -2.20. The molecule has 96 valence electrons. The quantitative estimate of drug-likeness (QED) is 0.819. The Labute approximate surface area is 106 Å². The summed E-state index contributed by atoms with van der Waals surface area (Å²) in [4.78, 5) is 2.34. The van der Waals surface area contributed by atoms with Gasteiger partial charge in [0, 0.05) is 19.3 Å². The fraction of sp³-hybridized carbons (Fsp3) is 0.600. The summed E-state index contributed by atoms with van der Waals surface area (Å²) in [5.74, 6) is 0.641. The molecule has 0 radical (unpaired) electrons. The predicted molar refractivity (Wildman–Crippen MR) is 76.6 cm³/mol. The summed E-state index contributed by atoms with van der Waals surface area (Å²) in [6.45, 7) is 8.43.